The average molecular weight is 399 g/mol. The number of rotatable bonds is 11. The lowest BCUT2D eigenvalue weighted by Gasteiger charge is -2.22. The first-order valence-corrected chi connectivity index (χ1v) is 9.59. The van der Waals surface area contributed by atoms with Crippen molar-refractivity contribution < 1.29 is 23.8 Å². The highest BCUT2D eigenvalue weighted by Gasteiger charge is 2.20. The van der Waals surface area contributed by atoms with E-state index >= 15 is 0 Å². The highest BCUT2D eigenvalue weighted by molar-refractivity contribution is 6.32. The molecule has 0 saturated carbocycles. The number of carbonyl (C=O) groups is 2. The molecule has 0 fully saturated rings. The minimum Gasteiger partial charge on any atom is -0.497 e. The van der Waals surface area contributed by atoms with Crippen molar-refractivity contribution in [3.63, 3.8) is 0 Å². The molecule has 0 aliphatic heterocycles. The van der Waals surface area contributed by atoms with Crippen LogP contribution in [0.25, 0.3) is 0 Å². The molecule has 1 atom stereocenters. The SMILES string of the molecule is COc1ccc(CCc2ccccc2OC[C@@H](CN(C)C)OC(=O)C(C)=O)cc1. The van der Waals surface area contributed by atoms with E-state index in [4.69, 9.17) is 14.2 Å². The largest absolute Gasteiger partial charge is 0.497 e. The lowest BCUT2D eigenvalue weighted by atomic mass is 10.0. The second-order valence-corrected chi connectivity index (χ2v) is 7.11. The fourth-order valence-corrected chi connectivity index (χ4v) is 2.87. The molecule has 0 aliphatic rings. The van der Waals surface area contributed by atoms with Gasteiger partial charge in [0.1, 0.15) is 24.2 Å². The summed E-state index contributed by atoms with van der Waals surface area (Å²) in [4.78, 5) is 24.8. The smallest absolute Gasteiger partial charge is 0.374 e. The number of para-hydroxylation sites is 1. The van der Waals surface area contributed by atoms with Gasteiger partial charge in [0.25, 0.3) is 0 Å². The van der Waals surface area contributed by atoms with E-state index in [1.54, 1.807) is 7.11 Å². The molecular formula is C23H29NO5. The number of ether oxygens (including phenoxy) is 3. The van der Waals surface area contributed by atoms with Crippen molar-refractivity contribution in [2.45, 2.75) is 25.9 Å². The van der Waals surface area contributed by atoms with Crippen molar-refractivity contribution in [1.82, 2.24) is 4.90 Å². The van der Waals surface area contributed by atoms with Gasteiger partial charge in [0.05, 0.1) is 7.11 Å². The van der Waals surface area contributed by atoms with E-state index in [0.29, 0.717) is 6.54 Å². The van der Waals surface area contributed by atoms with Gasteiger partial charge < -0.3 is 19.1 Å². The van der Waals surface area contributed by atoms with Crippen LogP contribution in [0.2, 0.25) is 0 Å². The Morgan fingerprint density at radius 1 is 1.00 bits per heavy atom. The summed E-state index contributed by atoms with van der Waals surface area (Å²) in [6.45, 7) is 1.84. The second-order valence-electron chi connectivity index (χ2n) is 7.11. The van der Waals surface area contributed by atoms with E-state index < -0.39 is 17.9 Å². The van der Waals surface area contributed by atoms with Gasteiger partial charge in [0.2, 0.25) is 5.78 Å². The Labute approximate surface area is 172 Å². The molecule has 0 unspecified atom stereocenters. The zero-order chi connectivity index (χ0) is 21.2. The van der Waals surface area contributed by atoms with Crippen LogP contribution >= 0.6 is 0 Å². The first kappa shape index (κ1) is 22.4. The molecule has 0 radical (unpaired) electrons. The summed E-state index contributed by atoms with van der Waals surface area (Å²) in [6.07, 6.45) is 1.15. The van der Waals surface area contributed by atoms with Crippen LogP contribution in [0.4, 0.5) is 0 Å². The first-order chi connectivity index (χ1) is 13.9. The van der Waals surface area contributed by atoms with Crippen molar-refractivity contribution in [2.24, 2.45) is 0 Å². The fourth-order valence-electron chi connectivity index (χ4n) is 2.87. The van der Waals surface area contributed by atoms with Crippen molar-refractivity contribution in [1.29, 1.82) is 0 Å². The number of hydrogen-bond acceptors (Lipinski definition) is 6. The highest BCUT2D eigenvalue weighted by atomic mass is 16.6. The lowest BCUT2D eigenvalue weighted by molar-refractivity contribution is -0.158. The number of carbonyl (C=O) groups excluding carboxylic acids is 2. The molecule has 0 saturated heterocycles. The zero-order valence-electron chi connectivity index (χ0n) is 17.5. The minimum absolute atomic E-state index is 0.177. The molecule has 6 heteroatoms. The van der Waals surface area contributed by atoms with Crippen LogP contribution in [0.5, 0.6) is 11.5 Å². The third-order valence-electron chi connectivity index (χ3n) is 4.37. The summed E-state index contributed by atoms with van der Waals surface area (Å²) in [5.41, 5.74) is 2.28. The second kappa shape index (κ2) is 11.2. The Bertz CT molecular complexity index is 801. The van der Waals surface area contributed by atoms with Crippen LogP contribution in [0.15, 0.2) is 48.5 Å². The van der Waals surface area contributed by atoms with Gasteiger partial charge in [-0.2, -0.15) is 0 Å². The molecule has 2 aromatic carbocycles. The molecule has 0 aromatic heterocycles. The number of likely N-dealkylation sites (N-methyl/N-ethyl adjacent to an activating group) is 1. The van der Waals surface area contributed by atoms with E-state index in [1.807, 2.05) is 55.4 Å². The van der Waals surface area contributed by atoms with Crippen molar-refractivity contribution in [3.05, 3.63) is 59.7 Å². The molecule has 2 aromatic rings. The van der Waals surface area contributed by atoms with E-state index in [0.717, 1.165) is 29.9 Å². The summed E-state index contributed by atoms with van der Waals surface area (Å²) in [7, 11) is 5.40. The molecule has 0 spiro atoms. The topological polar surface area (TPSA) is 65.1 Å². The predicted molar refractivity (Wildman–Crippen MR) is 111 cm³/mol. The van der Waals surface area contributed by atoms with Gasteiger partial charge in [-0.1, -0.05) is 30.3 Å². The number of benzene rings is 2. The molecule has 29 heavy (non-hydrogen) atoms. The lowest BCUT2D eigenvalue weighted by Crippen LogP contribution is -2.36. The highest BCUT2D eigenvalue weighted by Crippen LogP contribution is 2.21. The number of Topliss-reactive ketones (excluding diaryl/α,β-unsaturated/α-hetero) is 1. The predicted octanol–water partition coefficient (Wildman–Crippen LogP) is 2.92. The van der Waals surface area contributed by atoms with E-state index in [-0.39, 0.29) is 6.61 Å². The van der Waals surface area contributed by atoms with Crippen LogP contribution in [0, 0.1) is 0 Å². The van der Waals surface area contributed by atoms with Crippen LogP contribution in [-0.2, 0) is 27.2 Å². The number of esters is 1. The summed E-state index contributed by atoms with van der Waals surface area (Å²) in [5, 5.41) is 0. The normalized spacial score (nSPS) is 11.8. The van der Waals surface area contributed by atoms with Gasteiger partial charge in [0.15, 0.2) is 0 Å². The number of hydrogen-bond donors (Lipinski definition) is 0. The van der Waals surface area contributed by atoms with Gasteiger partial charge in [-0.15, -0.1) is 0 Å². The van der Waals surface area contributed by atoms with Gasteiger partial charge >= 0.3 is 5.97 Å². The maximum Gasteiger partial charge on any atom is 0.374 e. The Morgan fingerprint density at radius 3 is 2.31 bits per heavy atom. The number of nitrogens with zero attached hydrogens (tertiary/aromatic N) is 1. The molecule has 0 heterocycles. The van der Waals surface area contributed by atoms with Gasteiger partial charge in [-0.25, -0.2) is 4.79 Å². The van der Waals surface area contributed by atoms with Crippen LogP contribution < -0.4 is 9.47 Å². The fraction of sp³-hybridized carbons (Fsp3) is 0.391. The number of methoxy groups -OCH3 is 1. The molecule has 156 valence electrons. The van der Waals surface area contributed by atoms with Gasteiger partial charge in [-0.05, 0) is 56.3 Å². The molecular weight excluding hydrogens is 370 g/mol. The third-order valence-corrected chi connectivity index (χ3v) is 4.37. The van der Waals surface area contributed by atoms with Gasteiger partial charge in [-0.3, -0.25) is 4.79 Å². The Hall–Kier alpha value is -2.86. The Balaban J connectivity index is 2.00. The zero-order valence-corrected chi connectivity index (χ0v) is 17.5. The molecule has 2 rings (SSSR count). The summed E-state index contributed by atoms with van der Waals surface area (Å²) >= 11 is 0. The minimum atomic E-state index is -0.840. The quantitative estimate of drug-likeness (QED) is 0.428. The molecule has 0 aliphatic carbocycles. The molecule has 0 bridgehead atoms. The summed E-state index contributed by atoms with van der Waals surface area (Å²) in [6, 6.07) is 15.8. The maximum absolute atomic E-state index is 11.7. The van der Waals surface area contributed by atoms with Crippen LogP contribution in [0.1, 0.15) is 18.1 Å². The van der Waals surface area contributed by atoms with Gasteiger partial charge in [0, 0.05) is 13.5 Å². The van der Waals surface area contributed by atoms with E-state index in [2.05, 4.69) is 12.1 Å². The molecule has 6 nitrogen and oxygen atoms in total. The van der Waals surface area contributed by atoms with Crippen molar-refractivity contribution in [2.75, 3.05) is 34.4 Å². The van der Waals surface area contributed by atoms with Crippen LogP contribution in [-0.4, -0.2) is 57.1 Å². The first-order valence-electron chi connectivity index (χ1n) is 9.59. The average Bonchev–Trinajstić information content (AvgIpc) is 2.71. The summed E-state index contributed by atoms with van der Waals surface area (Å²) < 4.78 is 16.4. The molecule has 0 N–H and O–H groups in total. The summed E-state index contributed by atoms with van der Waals surface area (Å²) in [5.74, 6) is 0.134. The van der Waals surface area contributed by atoms with E-state index in [9.17, 15) is 9.59 Å². The third kappa shape index (κ3) is 7.58. The maximum atomic E-state index is 11.7. The van der Waals surface area contributed by atoms with Crippen molar-refractivity contribution in [3.8, 4) is 11.5 Å². The van der Waals surface area contributed by atoms with E-state index in [1.165, 1.54) is 12.5 Å². The molecule has 0 amide bonds. The van der Waals surface area contributed by atoms with Crippen LogP contribution in [0.3, 0.4) is 0 Å². The Morgan fingerprint density at radius 2 is 1.69 bits per heavy atom. The number of ketones is 1. The van der Waals surface area contributed by atoms with Crippen molar-refractivity contribution >= 4 is 11.8 Å². The standard InChI is InChI=1S/C23H29NO5/c1-17(25)23(26)29-21(15-24(2)3)16-28-22-8-6-5-7-19(22)12-9-18-10-13-20(27-4)14-11-18/h5-8,10-11,13-14,21H,9,12,15-16H2,1-4H3/t21-/m1/s1. The Kier molecular flexibility index (Phi) is 8.68. The number of aryl methyl sites for hydroxylation is 2. The monoisotopic (exact) mass is 399 g/mol.